The van der Waals surface area contributed by atoms with Crippen LogP contribution in [0.15, 0.2) is 52.9 Å². The van der Waals surface area contributed by atoms with Crippen molar-refractivity contribution in [2.45, 2.75) is 23.4 Å². The molecular formula is C21H19FN4O2S2. The van der Waals surface area contributed by atoms with Gasteiger partial charge in [-0.05, 0) is 36.8 Å². The van der Waals surface area contributed by atoms with E-state index in [1.807, 2.05) is 31.2 Å². The van der Waals surface area contributed by atoms with Crippen molar-refractivity contribution in [1.82, 2.24) is 10.2 Å². The van der Waals surface area contributed by atoms with Crippen LogP contribution in [0.5, 0.6) is 0 Å². The number of anilines is 2. The molecule has 2 heterocycles. The molecule has 4 rings (SSSR count). The third-order valence-corrected chi connectivity index (χ3v) is 6.80. The quantitative estimate of drug-likeness (QED) is 0.456. The molecule has 2 aromatic carbocycles. The van der Waals surface area contributed by atoms with Crippen molar-refractivity contribution in [1.29, 1.82) is 0 Å². The van der Waals surface area contributed by atoms with E-state index in [0.717, 1.165) is 16.8 Å². The molecule has 1 aliphatic rings. The van der Waals surface area contributed by atoms with Gasteiger partial charge in [0.2, 0.25) is 16.9 Å². The summed E-state index contributed by atoms with van der Waals surface area (Å²) in [5, 5.41) is 11.3. The molecule has 1 atom stereocenters. The van der Waals surface area contributed by atoms with Crippen LogP contribution in [-0.4, -0.2) is 28.6 Å². The van der Waals surface area contributed by atoms with Gasteiger partial charge < -0.3 is 10.2 Å². The summed E-state index contributed by atoms with van der Waals surface area (Å²) in [5.41, 5.74) is 2.89. The lowest BCUT2D eigenvalue weighted by Gasteiger charge is -2.16. The lowest BCUT2D eigenvalue weighted by Crippen LogP contribution is -2.28. The van der Waals surface area contributed by atoms with Crippen molar-refractivity contribution in [3.63, 3.8) is 0 Å². The Labute approximate surface area is 181 Å². The molecule has 0 radical (unpaired) electrons. The molecule has 3 aromatic rings. The van der Waals surface area contributed by atoms with Gasteiger partial charge in [-0.3, -0.25) is 9.59 Å². The van der Waals surface area contributed by atoms with E-state index in [9.17, 15) is 14.0 Å². The maximum atomic E-state index is 13.0. The number of aromatic nitrogens is 2. The normalized spacial score (nSPS) is 16.1. The topological polar surface area (TPSA) is 75.2 Å². The highest BCUT2D eigenvalue weighted by molar-refractivity contribution is 8.00. The van der Waals surface area contributed by atoms with Crippen molar-refractivity contribution >= 4 is 45.7 Å². The highest BCUT2D eigenvalue weighted by Gasteiger charge is 2.35. The van der Waals surface area contributed by atoms with E-state index < -0.39 is 5.92 Å². The van der Waals surface area contributed by atoms with E-state index in [-0.39, 0.29) is 24.1 Å². The maximum absolute atomic E-state index is 13.0. The summed E-state index contributed by atoms with van der Waals surface area (Å²) >= 11 is 2.75. The molecule has 0 spiro atoms. The SMILES string of the molecule is Cc1ccc(N2C[C@H](C(=O)Nc3nnc(SCc4ccc(F)cc4)s3)CC2=O)cc1. The first-order valence-electron chi connectivity index (χ1n) is 9.36. The fourth-order valence-electron chi connectivity index (χ4n) is 3.11. The molecule has 1 aliphatic heterocycles. The van der Waals surface area contributed by atoms with Gasteiger partial charge in [0.15, 0.2) is 4.34 Å². The van der Waals surface area contributed by atoms with E-state index in [1.165, 1.54) is 35.2 Å². The number of nitrogens with one attached hydrogen (secondary N) is 1. The first kappa shape index (κ1) is 20.5. The number of benzene rings is 2. The smallest absolute Gasteiger partial charge is 0.231 e. The number of carbonyl (C=O) groups excluding carboxylic acids is 2. The summed E-state index contributed by atoms with van der Waals surface area (Å²) in [5.74, 6) is -0.365. The van der Waals surface area contributed by atoms with Crippen LogP contribution < -0.4 is 10.2 Å². The molecule has 6 nitrogen and oxygen atoms in total. The largest absolute Gasteiger partial charge is 0.312 e. The van der Waals surface area contributed by atoms with Gasteiger partial charge >= 0.3 is 0 Å². The van der Waals surface area contributed by atoms with Gasteiger partial charge in [0, 0.05) is 24.4 Å². The summed E-state index contributed by atoms with van der Waals surface area (Å²) in [7, 11) is 0. The number of hydrogen-bond acceptors (Lipinski definition) is 6. The van der Waals surface area contributed by atoms with Crippen molar-refractivity contribution in [2.75, 3.05) is 16.8 Å². The van der Waals surface area contributed by atoms with Gasteiger partial charge in [0.1, 0.15) is 5.82 Å². The zero-order valence-electron chi connectivity index (χ0n) is 16.2. The lowest BCUT2D eigenvalue weighted by molar-refractivity contribution is -0.122. The third kappa shape index (κ3) is 4.85. The second kappa shape index (κ2) is 8.93. The van der Waals surface area contributed by atoms with Crippen LogP contribution in [0.4, 0.5) is 15.2 Å². The molecular weight excluding hydrogens is 423 g/mol. The molecule has 1 saturated heterocycles. The van der Waals surface area contributed by atoms with Crippen LogP contribution in [-0.2, 0) is 15.3 Å². The maximum Gasteiger partial charge on any atom is 0.231 e. The van der Waals surface area contributed by atoms with E-state index in [4.69, 9.17) is 0 Å². The van der Waals surface area contributed by atoms with E-state index in [1.54, 1.807) is 17.0 Å². The number of rotatable bonds is 6. The van der Waals surface area contributed by atoms with Crippen LogP contribution in [0.2, 0.25) is 0 Å². The molecule has 0 bridgehead atoms. The monoisotopic (exact) mass is 442 g/mol. The first-order chi connectivity index (χ1) is 14.5. The van der Waals surface area contributed by atoms with Gasteiger partial charge in [0.25, 0.3) is 0 Å². The molecule has 0 saturated carbocycles. The van der Waals surface area contributed by atoms with Crippen molar-refractivity contribution in [3.05, 3.63) is 65.5 Å². The zero-order valence-corrected chi connectivity index (χ0v) is 17.8. The Kier molecular flexibility index (Phi) is 6.10. The second-order valence-electron chi connectivity index (χ2n) is 7.02. The number of thioether (sulfide) groups is 1. The predicted octanol–water partition coefficient (Wildman–Crippen LogP) is 4.27. The molecule has 30 heavy (non-hydrogen) atoms. The fourth-order valence-corrected chi connectivity index (χ4v) is 4.82. The standard InChI is InChI=1S/C21H19FN4O2S2/c1-13-2-8-17(9-3-13)26-11-15(10-18(26)27)19(28)23-20-24-25-21(30-20)29-12-14-4-6-16(22)7-5-14/h2-9,15H,10-12H2,1H3,(H,23,24,28)/t15-/m1/s1. The van der Waals surface area contributed by atoms with E-state index in [0.29, 0.717) is 21.8 Å². The number of nitrogens with zero attached hydrogens (tertiary/aromatic N) is 3. The van der Waals surface area contributed by atoms with Crippen LogP contribution in [0, 0.1) is 18.7 Å². The highest BCUT2D eigenvalue weighted by atomic mass is 32.2. The minimum absolute atomic E-state index is 0.0631. The Hall–Kier alpha value is -2.78. The van der Waals surface area contributed by atoms with Crippen LogP contribution >= 0.6 is 23.1 Å². The van der Waals surface area contributed by atoms with Crippen molar-refractivity contribution in [3.8, 4) is 0 Å². The highest BCUT2D eigenvalue weighted by Crippen LogP contribution is 2.30. The Morgan fingerprint density at radius 3 is 2.67 bits per heavy atom. The second-order valence-corrected chi connectivity index (χ2v) is 9.22. The van der Waals surface area contributed by atoms with E-state index >= 15 is 0 Å². The summed E-state index contributed by atoms with van der Waals surface area (Å²) in [4.78, 5) is 26.6. The van der Waals surface area contributed by atoms with Crippen molar-refractivity contribution in [2.24, 2.45) is 5.92 Å². The summed E-state index contributed by atoms with van der Waals surface area (Å²) in [6.45, 7) is 2.33. The van der Waals surface area contributed by atoms with Crippen LogP contribution in [0.1, 0.15) is 17.5 Å². The van der Waals surface area contributed by atoms with Gasteiger partial charge in [-0.25, -0.2) is 4.39 Å². The number of halogens is 1. The van der Waals surface area contributed by atoms with Gasteiger partial charge in [-0.15, -0.1) is 10.2 Å². The minimum atomic E-state index is -0.432. The molecule has 0 unspecified atom stereocenters. The average molecular weight is 443 g/mol. The molecule has 0 aliphatic carbocycles. The number of aryl methyl sites for hydroxylation is 1. The number of amides is 2. The summed E-state index contributed by atoms with van der Waals surface area (Å²) in [6, 6.07) is 14.0. The van der Waals surface area contributed by atoms with E-state index in [2.05, 4.69) is 15.5 Å². The Morgan fingerprint density at radius 2 is 1.93 bits per heavy atom. The fraction of sp³-hybridized carbons (Fsp3) is 0.238. The molecule has 9 heteroatoms. The van der Waals surface area contributed by atoms with Crippen LogP contribution in [0.25, 0.3) is 0 Å². The number of hydrogen-bond donors (Lipinski definition) is 1. The summed E-state index contributed by atoms with van der Waals surface area (Å²) in [6.07, 6.45) is 0.171. The van der Waals surface area contributed by atoms with Gasteiger partial charge in [-0.1, -0.05) is 52.9 Å². The number of carbonyl (C=O) groups is 2. The molecule has 154 valence electrons. The van der Waals surface area contributed by atoms with Crippen molar-refractivity contribution < 1.29 is 14.0 Å². The van der Waals surface area contributed by atoms with Gasteiger partial charge in [0.05, 0.1) is 5.92 Å². The average Bonchev–Trinajstić information content (AvgIpc) is 3.35. The summed E-state index contributed by atoms with van der Waals surface area (Å²) < 4.78 is 13.7. The molecule has 1 N–H and O–H groups in total. The minimum Gasteiger partial charge on any atom is -0.312 e. The predicted molar refractivity (Wildman–Crippen MR) is 116 cm³/mol. The third-order valence-electron chi connectivity index (χ3n) is 4.75. The molecule has 2 amide bonds. The molecule has 1 aromatic heterocycles. The zero-order chi connectivity index (χ0) is 21.1. The van der Waals surface area contributed by atoms with Gasteiger partial charge in [-0.2, -0.15) is 0 Å². The Morgan fingerprint density at radius 1 is 1.20 bits per heavy atom. The van der Waals surface area contributed by atoms with Crippen LogP contribution in [0.3, 0.4) is 0 Å². The Balaban J connectivity index is 1.32. The molecule has 1 fully saturated rings. The lowest BCUT2D eigenvalue weighted by atomic mass is 10.1. The first-order valence-corrected chi connectivity index (χ1v) is 11.2. The Bertz CT molecular complexity index is 1050.